The number of nitrogens with one attached hydrogen (secondary N) is 1. The molecular formula is C19H23ClN6O. The molecule has 4 heterocycles. The van der Waals surface area contributed by atoms with E-state index < -0.39 is 0 Å². The van der Waals surface area contributed by atoms with Crippen LogP contribution in [0.15, 0.2) is 30.7 Å². The Morgan fingerprint density at radius 1 is 1.00 bits per heavy atom. The summed E-state index contributed by atoms with van der Waals surface area (Å²) in [5.74, 6) is 2.50. The number of hydrogen-bond donors (Lipinski definition) is 1. The Kier molecular flexibility index (Phi) is 5.38. The second kappa shape index (κ2) is 8.08. The van der Waals surface area contributed by atoms with E-state index in [2.05, 4.69) is 36.1 Å². The van der Waals surface area contributed by atoms with Crippen molar-refractivity contribution in [2.45, 2.75) is 25.7 Å². The first-order valence-electron chi connectivity index (χ1n) is 9.43. The van der Waals surface area contributed by atoms with E-state index >= 15 is 0 Å². The largest absolute Gasteiger partial charge is 0.356 e. The summed E-state index contributed by atoms with van der Waals surface area (Å²) in [5.41, 5.74) is 0. The van der Waals surface area contributed by atoms with Gasteiger partial charge >= 0.3 is 0 Å². The van der Waals surface area contributed by atoms with E-state index in [0.29, 0.717) is 10.8 Å². The third kappa shape index (κ3) is 4.30. The van der Waals surface area contributed by atoms with Gasteiger partial charge in [-0.15, -0.1) is 0 Å². The van der Waals surface area contributed by atoms with Crippen LogP contribution in [0.25, 0.3) is 0 Å². The molecule has 4 rings (SSSR count). The number of nitrogens with zero attached hydrogens (tertiary/aromatic N) is 5. The SMILES string of the molecule is O=C(Nc1ccc(Cl)cn1)C1CCN(c2cc(N3CCCC3)ncn2)CC1. The van der Waals surface area contributed by atoms with Crippen LogP contribution in [0.3, 0.4) is 0 Å². The van der Waals surface area contributed by atoms with Crippen LogP contribution in [0, 0.1) is 5.92 Å². The van der Waals surface area contributed by atoms with E-state index in [-0.39, 0.29) is 11.8 Å². The highest BCUT2D eigenvalue weighted by Crippen LogP contribution is 2.26. The number of halogens is 1. The number of carbonyl (C=O) groups is 1. The molecule has 2 aromatic heterocycles. The van der Waals surface area contributed by atoms with E-state index in [1.807, 2.05) is 0 Å². The van der Waals surface area contributed by atoms with Gasteiger partial charge in [0.05, 0.1) is 5.02 Å². The molecule has 27 heavy (non-hydrogen) atoms. The molecule has 2 aliphatic heterocycles. The summed E-state index contributed by atoms with van der Waals surface area (Å²) < 4.78 is 0. The van der Waals surface area contributed by atoms with Gasteiger partial charge in [-0.2, -0.15) is 0 Å². The van der Waals surface area contributed by atoms with Crippen molar-refractivity contribution in [1.29, 1.82) is 0 Å². The Bertz CT molecular complexity index is 785. The molecular weight excluding hydrogens is 364 g/mol. The molecule has 0 saturated carbocycles. The second-order valence-electron chi connectivity index (χ2n) is 7.04. The molecule has 2 fully saturated rings. The van der Waals surface area contributed by atoms with Crippen LogP contribution in [0.2, 0.25) is 5.02 Å². The molecule has 0 radical (unpaired) electrons. The van der Waals surface area contributed by atoms with Crippen LogP contribution in [0.1, 0.15) is 25.7 Å². The maximum Gasteiger partial charge on any atom is 0.228 e. The Balaban J connectivity index is 1.34. The van der Waals surface area contributed by atoms with E-state index in [4.69, 9.17) is 11.6 Å². The lowest BCUT2D eigenvalue weighted by Crippen LogP contribution is -2.38. The fourth-order valence-electron chi connectivity index (χ4n) is 3.68. The minimum atomic E-state index is -0.0152. The normalized spacial score (nSPS) is 18.0. The number of carbonyl (C=O) groups excluding carboxylic acids is 1. The van der Waals surface area contributed by atoms with Gasteiger partial charge in [0.2, 0.25) is 5.91 Å². The third-order valence-electron chi connectivity index (χ3n) is 5.24. The highest BCUT2D eigenvalue weighted by Gasteiger charge is 2.26. The van der Waals surface area contributed by atoms with Crippen molar-refractivity contribution >= 4 is 35.0 Å². The maximum absolute atomic E-state index is 12.5. The Morgan fingerprint density at radius 2 is 1.67 bits per heavy atom. The zero-order valence-corrected chi connectivity index (χ0v) is 15.9. The standard InChI is InChI=1S/C19H23ClN6O/c20-15-3-4-16(21-12-15)24-19(27)14-5-9-26(10-6-14)18-11-17(22-13-23-18)25-7-1-2-8-25/h3-4,11-14H,1-2,5-10H2,(H,21,24,27). The fourth-order valence-corrected chi connectivity index (χ4v) is 3.79. The van der Waals surface area contributed by atoms with Crippen molar-refractivity contribution in [3.05, 3.63) is 35.7 Å². The fraction of sp³-hybridized carbons (Fsp3) is 0.474. The predicted octanol–water partition coefficient (Wildman–Crippen LogP) is 2.98. The van der Waals surface area contributed by atoms with E-state index in [1.165, 1.54) is 19.0 Å². The third-order valence-corrected chi connectivity index (χ3v) is 5.46. The van der Waals surface area contributed by atoms with E-state index in [0.717, 1.165) is 50.7 Å². The van der Waals surface area contributed by atoms with Crippen molar-refractivity contribution in [3.63, 3.8) is 0 Å². The van der Waals surface area contributed by atoms with Crippen LogP contribution in [0.4, 0.5) is 17.5 Å². The quantitative estimate of drug-likeness (QED) is 0.870. The first kappa shape index (κ1) is 18.0. The lowest BCUT2D eigenvalue weighted by Gasteiger charge is -2.32. The molecule has 8 heteroatoms. The number of rotatable bonds is 4. The smallest absolute Gasteiger partial charge is 0.228 e. The lowest BCUT2D eigenvalue weighted by molar-refractivity contribution is -0.120. The van der Waals surface area contributed by atoms with Crippen molar-refractivity contribution in [3.8, 4) is 0 Å². The molecule has 0 unspecified atom stereocenters. The van der Waals surface area contributed by atoms with Crippen LogP contribution >= 0.6 is 11.6 Å². The summed E-state index contributed by atoms with van der Waals surface area (Å²) in [4.78, 5) is 30.0. The summed E-state index contributed by atoms with van der Waals surface area (Å²) in [6.07, 6.45) is 7.22. The molecule has 0 bridgehead atoms. The molecule has 0 aliphatic carbocycles. The molecule has 0 spiro atoms. The maximum atomic E-state index is 12.5. The zero-order valence-electron chi connectivity index (χ0n) is 15.1. The summed E-state index contributed by atoms with van der Waals surface area (Å²) in [6, 6.07) is 5.51. The minimum absolute atomic E-state index is 0.0152. The van der Waals surface area contributed by atoms with Crippen molar-refractivity contribution in [2.75, 3.05) is 41.3 Å². The molecule has 1 amide bonds. The lowest BCUT2D eigenvalue weighted by atomic mass is 9.96. The molecule has 2 aromatic rings. The first-order chi connectivity index (χ1) is 13.2. The van der Waals surface area contributed by atoms with Gasteiger partial charge in [0.1, 0.15) is 23.8 Å². The summed E-state index contributed by atoms with van der Waals surface area (Å²) in [6.45, 7) is 3.75. The molecule has 2 aliphatic rings. The molecule has 142 valence electrons. The van der Waals surface area contributed by atoms with Crippen LogP contribution in [0.5, 0.6) is 0 Å². The molecule has 2 saturated heterocycles. The van der Waals surface area contributed by atoms with Gasteiger partial charge in [-0.05, 0) is 37.8 Å². The minimum Gasteiger partial charge on any atom is -0.356 e. The van der Waals surface area contributed by atoms with Gasteiger partial charge in [0.15, 0.2) is 0 Å². The monoisotopic (exact) mass is 386 g/mol. The average Bonchev–Trinajstić information content (AvgIpc) is 3.25. The highest BCUT2D eigenvalue weighted by atomic mass is 35.5. The average molecular weight is 387 g/mol. The molecule has 0 atom stereocenters. The molecule has 1 N–H and O–H groups in total. The van der Waals surface area contributed by atoms with Crippen molar-refractivity contribution < 1.29 is 4.79 Å². The van der Waals surface area contributed by atoms with Gasteiger partial charge < -0.3 is 15.1 Å². The van der Waals surface area contributed by atoms with Crippen molar-refractivity contribution in [2.24, 2.45) is 5.92 Å². The van der Waals surface area contributed by atoms with E-state index in [9.17, 15) is 4.79 Å². The zero-order chi connectivity index (χ0) is 18.6. The van der Waals surface area contributed by atoms with Gasteiger partial charge in [-0.25, -0.2) is 15.0 Å². The van der Waals surface area contributed by atoms with Crippen LogP contribution in [-0.4, -0.2) is 47.0 Å². The number of amides is 1. The Morgan fingerprint density at radius 3 is 2.30 bits per heavy atom. The van der Waals surface area contributed by atoms with Crippen LogP contribution in [-0.2, 0) is 4.79 Å². The number of hydrogen-bond acceptors (Lipinski definition) is 6. The summed E-state index contributed by atoms with van der Waals surface area (Å²) in [5, 5.41) is 3.44. The van der Waals surface area contributed by atoms with Crippen molar-refractivity contribution in [1.82, 2.24) is 15.0 Å². The molecule has 7 nitrogen and oxygen atoms in total. The predicted molar refractivity (Wildman–Crippen MR) is 106 cm³/mol. The van der Waals surface area contributed by atoms with Gasteiger partial charge in [-0.3, -0.25) is 4.79 Å². The van der Waals surface area contributed by atoms with Gasteiger partial charge in [0.25, 0.3) is 0 Å². The van der Waals surface area contributed by atoms with Gasteiger partial charge in [-0.1, -0.05) is 11.6 Å². The second-order valence-corrected chi connectivity index (χ2v) is 7.48. The molecule has 0 aromatic carbocycles. The van der Waals surface area contributed by atoms with Gasteiger partial charge in [0, 0.05) is 44.4 Å². The number of pyridine rings is 1. The Labute approximate surface area is 163 Å². The van der Waals surface area contributed by atoms with E-state index in [1.54, 1.807) is 18.5 Å². The Hall–Kier alpha value is -2.41. The number of piperidine rings is 1. The van der Waals surface area contributed by atoms with Crippen LogP contribution < -0.4 is 15.1 Å². The summed E-state index contributed by atoms with van der Waals surface area (Å²) >= 11 is 5.83. The highest BCUT2D eigenvalue weighted by molar-refractivity contribution is 6.30. The number of aromatic nitrogens is 3. The summed E-state index contributed by atoms with van der Waals surface area (Å²) in [7, 11) is 0. The number of anilines is 3. The first-order valence-corrected chi connectivity index (χ1v) is 9.81. The topological polar surface area (TPSA) is 74.2 Å².